The maximum absolute atomic E-state index is 5.82. The Labute approximate surface area is 169 Å². The first kappa shape index (κ1) is 21.5. The molecule has 27 heavy (non-hydrogen) atoms. The number of ether oxygens (including phenoxy) is 1. The average Bonchev–Trinajstić information content (AvgIpc) is 2.70. The van der Waals surface area contributed by atoms with E-state index in [-0.39, 0.29) is 0 Å². The molecule has 0 unspecified atom stereocenters. The van der Waals surface area contributed by atoms with Crippen LogP contribution in [0.15, 0.2) is 58.8 Å². The van der Waals surface area contributed by atoms with Gasteiger partial charge < -0.3 is 4.74 Å². The van der Waals surface area contributed by atoms with Crippen LogP contribution in [0.25, 0.3) is 0 Å². The van der Waals surface area contributed by atoms with Crippen LogP contribution in [0.2, 0.25) is 0 Å². The SMILES string of the molecule is Cc1ccc(N=Nc2ccc(OCCCCCCCCCCS)cc2)cc1. The Morgan fingerprint density at radius 3 is 1.70 bits per heavy atom. The lowest BCUT2D eigenvalue weighted by molar-refractivity contribution is 0.304. The molecular weight excluding hydrogens is 352 g/mol. The van der Waals surface area contributed by atoms with Crippen molar-refractivity contribution in [1.82, 2.24) is 0 Å². The molecule has 0 aliphatic carbocycles. The predicted octanol–water partition coefficient (Wildman–Crippen LogP) is 7.84. The molecule has 3 nitrogen and oxygen atoms in total. The van der Waals surface area contributed by atoms with E-state index in [1.54, 1.807) is 0 Å². The third-order valence-electron chi connectivity index (χ3n) is 4.47. The molecule has 0 bridgehead atoms. The monoisotopic (exact) mass is 384 g/mol. The molecule has 0 saturated carbocycles. The lowest BCUT2D eigenvalue weighted by Crippen LogP contribution is -1.96. The summed E-state index contributed by atoms with van der Waals surface area (Å²) < 4.78 is 5.82. The van der Waals surface area contributed by atoms with Gasteiger partial charge in [-0.15, -0.1) is 0 Å². The Bertz CT molecular complexity index is 653. The van der Waals surface area contributed by atoms with Crippen LogP contribution < -0.4 is 4.74 Å². The Morgan fingerprint density at radius 2 is 1.15 bits per heavy atom. The van der Waals surface area contributed by atoms with Crippen LogP contribution >= 0.6 is 12.6 Å². The molecule has 0 amide bonds. The zero-order valence-corrected chi connectivity index (χ0v) is 17.3. The van der Waals surface area contributed by atoms with E-state index in [4.69, 9.17) is 4.74 Å². The fourth-order valence-corrected chi connectivity index (χ4v) is 3.02. The van der Waals surface area contributed by atoms with Crippen molar-refractivity contribution in [3.05, 3.63) is 54.1 Å². The normalized spacial score (nSPS) is 11.2. The van der Waals surface area contributed by atoms with Crippen LogP contribution in [0.5, 0.6) is 5.75 Å². The second-order valence-electron chi connectivity index (χ2n) is 6.93. The van der Waals surface area contributed by atoms with E-state index in [2.05, 4.69) is 29.8 Å². The van der Waals surface area contributed by atoms with Crippen LogP contribution in [0.1, 0.15) is 56.9 Å². The molecular formula is C23H32N2OS. The number of rotatable bonds is 13. The van der Waals surface area contributed by atoms with E-state index in [0.29, 0.717) is 0 Å². The maximum atomic E-state index is 5.82. The van der Waals surface area contributed by atoms with Crippen molar-refractivity contribution in [3.8, 4) is 5.75 Å². The van der Waals surface area contributed by atoms with Crippen molar-refractivity contribution in [2.45, 2.75) is 58.3 Å². The van der Waals surface area contributed by atoms with Gasteiger partial charge in [0.2, 0.25) is 0 Å². The molecule has 0 heterocycles. The summed E-state index contributed by atoms with van der Waals surface area (Å²) in [6.07, 6.45) is 10.3. The largest absolute Gasteiger partial charge is 0.494 e. The topological polar surface area (TPSA) is 34.0 Å². The molecule has 0 aromatic heterocycles. The molecule has 4 heteroatoms. The molecule has 2 aromatic rings. The number of thiol groups is 1. The van der Waals surface area contributed by atoms with E-state index in [1.807, 2.05) is 48.5 Å². The zero-order chi connectivity index (χ0) is 19.2. The van der Waals surface area contributed by atoms with E-state index < -0.39 is 0 Å². The summed E-state index contributed by atoms with van der Waals surface area (Å²) in [4.78, 5) is 0. The number of aryl methyl sites for hydroxylation is 1. The van der Waals surface area contributed by atoms with Crippen molar-refractivity contribution in [1.29, 1.82) is 0 Å². The summed E-state index contributed by atoms with van der Waals surface area (Å²) in [5.41, 5.74) is 2.92. The highest BCUT2D eigenvalue weighted by molar-refractivity contribution is 7.80. The Balaban J connectivity index is 1.58. The van der Waals surface area contributed by atoms with Gasteiger partial charge in [-0.25, -0.2) is 0 Å². The van der Waals surface area contributed by atoms with E-state index >= 15 is 0 Å². The van der Waals surface area contributed by atoms with Gasteiger partial charge in [0, 0.05) is 0 Å². The van der Waals surface area contributed by atoms with E-state index in [0.717, 1.165) is 35.9 Å². The van der Waals surface area contributed by atoms with Gasteiger partial charge in [0.1, 0.15) is 5.75 Å². The first-order valence-corrected chi connectivity index (χ1v) is 10.7. The van der Waals surface area contributed by atoms with Crippen LogP contribution in [-0.4, -0.2) is 12.4 Å². The van der Waals surface area contributed by atoms with E-state index in [1.165, 1.54) is 50.5 Å². The molecule has 146 valence electrons. The Hall–Kier alpha value is -1.81. The highest BCUT2D eigenvalue weighted by Gasteiger charge is 1.97. The number of hydrogen-bond acceptors (Lipinski definition) is 4. The van der Waals surface area contributed by atoms with Gasteiger partial charge in [0.05, 0.1) is 18.0 Å². The first-order valence-electron chi connectivity index (χ1n) is 10.1. The molecule has 0 fully saturated rings. The summed E-state index contributed by atoms with van der Waals surface area (Å²) in [6, 6.07) is 15.8. The van der Waals surface area contributed by atoms with Crippen molar-refractivity contribution in [2.75, 3.05) is 12.4 Å². The Kier molecular flexibility index (Phi) is 10.6. The fraction of sp³-hybridized carbons (Fsp3) is 0.478. The van der Waals surface area contributed by atoms with Gasteiger partial charge in [0.15, 0.2) is 0 Å². The maximum Gasteiger partial charge on any atom is 0.119 e. The van der Waals surface area contributed by atoms with Gasteiger partial charge >= 0.3 is 0 Å². The second-order valence-corrected chi connectivity index (χ2v) is 7.38. The summed E-state index contributed by atoms with van der Waals surface area (Å²) in [5.74, 6) is 1.92. The number of azo groups is 1. The minimum atomic E-state index is 0.782. The van der Waals surface area contributed by atoms with Crippen LogP contribution in [-0.2, 0) is 0 Å². The highest BCUT2D eigenvalue weighted by atomic mass is 32.1. The van der Waals surface area contributed by atoms with Crippen molar-refractivity contribution < 1.29 is 4.74 Å². The fourth-order valence-electron chi connectivity index (χ4n) is 2.80. The number of unbranched alkanes of at least 4 members (excludes halogenated alkanes) is 7. The molecule has 0 spiro atoms. The van der Waals surface area contributed by atoms with Crippen molar-refractivity contribution >= 4 is 24.0 Å². The smallest absolute Gasteiger partial charge is 0.119 e. The molecule has 0 atom stereocenters. The zero-order valence-electron chi connectivity index (χ0n) is 16.4. The van der Waals surface area contributed by atoms with Gasteiger partial charge in [-0.05, 0) is 61.9 Å². The molecule has 0 radical (unpaired) electrons. The molecule has 0 aliphatic rings. The summed E-state index contributed by atoms with van der Waals surface area (Å²) in [6.45, 7) is 2.84. The van der Waals surface area contributed by atoms with Crippen molar-refractivity contribution in [2.24, 2.45) is 10.2 Å². The standard InChI is InChI=1S/C23H32N2OS/c1-20-10-12-21(13-11-20)24-25-22-14-16-23(17-15-22)26-18-8-6-4-2-3-5-7-9-19-27/h10-17,27H,2-9,18-19H2,1H3. The lowest BCUT2D eigenvalue weighted by atomic mass is 10.1. The number of nitrogens with zero attached hydrogens (tertiary/aromatic N) is 2. The minimum absolute atomic E-state index is 0.782. The van der Waals surface area contributed by atoms with E-state index in [9.17, 15) is 0 Å². The highest BCUT2D eigenvalue weighted by Crippen LogP contribution is 2.21. The number of hydrogen-bond donors (Lipinski definition) is 1. The van der Waals surface area contributed by atoms with Gasteiger partial charge in [0.25, 0.3) is 0 Å². The Morgan fingerprint density at radius 1 is 0.667 bits per heavy atom. The van der Waals surface area contributed by atoms with Crippen LogP contribution in [0.4, 0.5) is 11.4 Å². The van der Waals surface area contributed by atoms with Crippen molar-refractivity contribution in [3.63, 3.8) is 0 Å². The van der Waals surface area contributed by atoms with Gasteiger partial charge in [-0.3, -0.25) is 0 Å². The summed E-state index contributed by atoms with van der Waals surface area (Å²) >= 11 is 4.24. The lowest BCUT2D eigenvalue weighted by Gasteiger charge is -2.06. The molecule has 0 saturated heterocycles. The number of benzene rings is 2. The van der Waals surface area contributed by atoms with Crippen LogP contribution in [0.3, 0.4) is 0 Å². The quantitative estimate of drug-likeness (QED) is 0.213. The third-order valence-corrected chi connectivity index (χ3v) is 4.79. The molecule has 2 aromatic carbocycles. The summed E-state index contributed by atoms with van der Waals surface area (Å²) in [5, 5.41) is 8.52. The molecule has 2 rings (SSSR count). The molecule has 0 N–H and O–H groups in total. The average molecular weight is 385 g/mol. The predicted molar refractivity (Wildman–Crippen MR) is 118 cm³/mol. The minimum Gasteiger partial charge on any atom is -0.494 e. The van der Waals surface area contributed by atoms with Crippen LogP contribution in [0, 0.1) is 6.92 Å². The molecule has 0 aliphatic heterocycles. The third kappa shape index (κ3) is 9.62. The van der Waals surface area contributed by atoms with Gasteiger partial charge in [-0.1, -0.05) is 56.2 Å². The first-order chi connectivity index (χ1) is 13.3. The summed E-state index contributed by atoms with van der Waals surface area (Å²) in [7, 11) is 0. The van der Waals surface area contributed by atoms with Gasteiger partial charge in [-0.2, -0.15) is 22.9 Å². The second kappa shape index (κ2) is 13.4.